The van der Waals surface area contributed by atoms with Gasteiger partial charge in [-0.25, -0.2) is 10.3 Å². The third-order valence-electron chi connectivity index (χ3n) is 8.02. The van der Waals surface area contributed by atoms with Crippen LogP contribution < -0.4 is 10.8 Å². The molecule has 0 bridgehead atoms. The second kappa shape index (κ2) is 17.0. The number of aromatic carboxylic acids is 1. The first-order valence-electron chi connectivity index (χ1n) is 15.7. The van der Waals surface area contributed by atoms with E-state index in [2.05, 4.69) is 5.32 Å². The molecule has 2 amide bonds. The molecule has 0 aliphatic carbocycles. The maximum Gasteiger partial charge on any atom is 0.336 e. The smallest absolute Gasteiger partial charge is 0.336 e. The third kappa shape index (κ3) is 9.52. The first-order valence-corrected chi connectivity index (χ1v) is 16.7. The van der Waals surface area contributed by atoms with Crippen molar-refractivity contribution in [2.45, 2.75) is 62.2 Å². The quantitative estimate of drug-likeness (QED) is 0.0602. The second-order valence-corrected chi connectivity index (χ2v) is 12.5. The van der Waals surface area contributed by atoms with Gasteiger partial charge in [-0.15, -0.1) is 11.8 Å². The minimum atomic E-state index is -0.969. The summed E-state index contributed by atoms with van der Waals surface area (Å²) in [5.41, 5.74) is 7.33. The Morgan fingerprint density at radius 1 is 0.792 bits per heavy atom. The average Bonchev–Trinajstić information content (AvgIpc) is 3.13. The van der Waals surface area contributed by atoms with Crippen LogP contribution in [0, 0.1) is 0 Å². The highest BCUT2D eigenvalue weighted by Gasteiger charge is 2.32. The Kier molecular flexibility index (Phi) is 12.4. The van der Waals surface area contributed by atoms with E-state index < -0.39 is 18.2 Å². The number of hydrogen-bond acceptors (Lipinski definition) is 8. The lowest BCUT2D eigenvalue weighted by Gasteiger charge is -2.36. The molecule has 250 valence electrons. The summed E-state index contributed by atoms with van der Waals surface area (Å²) in [7, 11) is 0. The Hall–Kier alpha value is -4.52. The number of hydrogen-bond donors (Lipinski definition) is 5. The van der Waals surface area contributed by atoms with Crippen molar-refractivity contribution in [1.82, 2.24) is 10.8 Å². The fourth-order valence-electron chi connectivity index (χ4n) is 5.42. The van der Waals surface area contributed by atoms with Gasteiger partial charge >= 0.3 is 5.97 Å². The lowest BCUT2D eigenvalue weighted by molar-refractivity contribution is -0.245. The summed E-state index contributed by atoms with van der Waals surface area (Å²) in [6, 6.07) is 30.4. The number of ether oxygens (including phenoxy) is 2. The van der Waals surface area contributed by atoms with Crippen LogP contribution >= 0.6 is 11.8 Å². The van der Waals surface area contributed by atoms with E-state index in [0.29, 0.717) is 30.0 Å². The fraction of sp³-hybridized carbons (Fsp3) is 0.270. The van der Waals surface area contributed by atoms with Crippen LogP contribution in [-0.4, -0.2) is 45.1 Å². The van der Waals surface area contributed by atoms with Gasteiger partial charge in [0.25, 0.3) is 0 Å². The standard InChI is InChI=1S/C37H38N2O8S/c40-22-24-11-13-27(14-12-24)32-20-30(23-48-33-8-2-1-7-31(33)36(43)44)46-37(47-32)28-17-15-26(16-18-28)29-6-3-5-25(19-29)21-38-34(41)9-4-10-35(42)39-45/h1-3,5-8,11-19,30,32,37,40,45H,4,9-10,20-23H2,(H,38,41)(H,39,42)(H,43,44)/t30-,32+,37+/m1/s1. The van der Waals surface area contributed by atoms with Gasteiger partial charge in [0.1, 0.15) is 0 Å². The van der Waals surface area contributed by atoms with Crippen molar-refractivity contribution in [2.75, 3.05) is 5.75 Å². The number of carboxylic acids is 1. The topological polar surface area (TPSA) is 154 Å². The summed E-state index contributed by atoms with van der Waals surface area (Å²) < 4.78 is 12.9. The minimum Gasteiger partial charge on any atom is -0.478 e. The molecule has 0 radical (unpaired) electrons. The summed E-state index contributed by atoms with van der Waals surface area (Å²) in [5.74, 6) is -1.12. The summed E-state index contributed by atoms with van der Waals surface area (Å²) in [6.45, 7) is 0.300. The molecule has 1 aliphatic rings. The molecule has 5 N–H and O–H groups in total. The Labute approximate surface area is 283 Å². The van der Waals surface area contributed by atoms with Crippen LogP contribution in [-0.2, 0) is 32.2 Å². The van der Waals surface area contributed by atoms with Gasteiger partial charge in [0, 0.05) is 42.0 Å². The van der Waals surface area contributed by atoms with E-state index in [1.165, 1.54) is 11.8 Å². The fourth-order valence-corrected chi connectivity index (χ4v) is 6.49. The van der Waals surface area contributed by atoms with Gasteiger partial charge in [0.2, 0.25) is 11.8 Å². The summed E-state index contributed by atoms with van der Waals surface area (Å²) in [4.78, 5) is 35.8. The van der Waals surface area contributed by atoms with Crippen molar-refractivity contribution in [1.29, 1.82) is 0 Å². The summed E-state index contributed by atoms with van der Waals surface area (Å²) in [5, 5.41) is 30.6. The number of rotatable bonds is 14. The molecule has 0 spiro atoms. The van der Waals surface area contributed by atoms with E-state index in [4.69, 9.17) is 14.7 Å². The molecule has 0 unspecified atom stereocenters. The van der Waals surface area contributed by atoms with Crippen molar-refractivity contribution < 1.29 is 39.3 Å². The van der Waals surface area contributed by atoms with Crippen molar-refractivity contribution in [2.24, 2.45) is 0 Å². The molecule has 5 rings (SSSR count). The van der Waals surface area contributed by atoms with E-state index in [1.807, 2.05) is 78.9 Å². The van der Waals surface area contributed by atoms with Crippen molar-refractivity contribution in [3.05, 3.63) is 125 Å². The highest BCUT2D eigenvalue weighted by Crippen LogP contribution is 2.40. The first-order chi connectivity index (χ1) is 23.3. The number of carbonyl (C=O) groups excluding carboxylic acids is 2. The zero-order chi connectivity index (χ0) is 33.9. The van der Waals surface area contributed by atoms with E-state index in [9.17, 15) is 24.6 Å². The summed E-state index contributed by atoms with van der Waals surface area (Å²) >= 11 is 1.45. The zero-order valence-electron chi connectivity index (χ0n) is 26.2. The minimum absolute atomic E-state index is 0.0446. The van der Waals surface area contributed by atoms with Gasteiger partial charge in [-0.1, -0.05) is 78.9 Å². The van der Waals surface area contributed by atoms with Gasteiger partial charge < -0.3 is 25.0 Å². The highest BCUT2D eigenvalue weighted by atomic mass is 32.2. The predicted molar refractivity (Wildman–Crippen MR) is 180 cm³/mol. The average molecular weight is 671 g/mol. The molecule has 1 heterocycles. The Bertz CT molecular complexity index is 1700. The van der Waals surface area contributed by atoms with Crippen LogP contribution in [0.1, 0.15) is 70.7 Å². The van der Waals surface area contributed by atoms with Gasteiger partial charge in [0.15, 0.2) is 6.29 Å². The van der Waals surface area contributed by atoms with Crippen LogP contribution in [0.15, 0.2) is 102 Å². The molecular weight excluding hydrogens is 632 g/mol. The Morgan fingerprint density at radius 3 is 2.25 bits per heavy atom. The van der Waals surface area contributed by atoms with E-state index in [0.717, 1.165) is 33.4 Å². The molecule has 3 atom stereocenters. The van der Waals surface area contributed by atoms with Crippen molar-refractivity contribution in [3.8, 4) is 11.1 Å². The number of thioether (sulfide) groups is 1. The van der Waals surface area contributed by atoms with Crippen LogP contribution in [0.2, 0.25) is 0 Å². The first kappa shape index (κ1) is 34.8. The van der Waals surface area contributed by atoms with Crippen molar-refractivity contribution in [3.63, 3.8) is 0 Å². The lowest BCUT2D eigenvalue weighted by atomic mass is 9.99. The number of carboxylic acid groups (broad SMARTS) is 1. The summed E-state index contributed by atoms with van der Waals surface area (Å²) in [6.07, 6.45) is 0.0348. The maximum atomic E-state index is 12.2. The number of nitrogens with one attached hydrogen (secondary N) is 2. The molecule has 1 aliphatic heterocycles. The highest BCUT2D eigenvalue weighted by molar-refractivity contribution is 7.99. The van der Waals surface area contributed by atoms with E-state index in [1.54, 1.807) is 23.7 Å². The van der Waals surface area contributed by atoms with Gasteiger partial charge in [0.05, 0.1) is 24.4 Å². The molecule has 4 aromatic rings. The zero-order valence-corrected chi connectivity index (χ0v) is 27.0. The van der Waals surface area contributed by atoms with Gasteiger partial charge in [-0.05, 0) is 52.4 Å². The lowest BCUT2D eigenvalue weighted by Crippen LogP contribution is -2.31. The monoisotopic (exact) mass is 670 g/mol. The number of benzene rings is 4. The largest absolute Gasteiger partial charge is 0.478 e. The van der Waals surface area contributed by atoms with E-state index in [-0.39, 0.29) is 43.1 Å². The third-order valence-corrected chi connectivity index (χ3v) is 9.23. The molecular formula is C37H38N2O8S. The maximum absolute atomic E-state index is 12.2. The number of amides is 2. The Balaban J connectivity index is 1.27. The molecule has 48 heavy (non-hydrogen) atoms. The SMILES string of the molecule is O=C(CCCC(=O)NCc1cccc(-c2ccc([C@H]3O[C@@H](CSc4ccccc4C(=O)O)C[C@@H](c4ccc(CO)cc4)O3)cc2)c1)NO. The Morgan fingerprint density at radius 2 is 1.52 bits per heavy atom. The van der Waals surface area contributed by atoms with Crippen molar-refractivity contribution >= 4 is 29.5 Å². The predicted octanol–water partition coefficient (Wildman–Crippen LogP) is 6.17. The molecule has 0 saturated carbocycles. The van der Waals surface area contributed by atoms with E-state index >= 15 is 0 Å². The van der Waals surface area contributed by atoms with Crippen LogP contribution in [0.25, 0.3) is 11.1 Å². The second-order valence-electron chi connectivity index (χ2n) is 11.5. The number of aliphatic hydroxyl groups is 1. The van der Waals surface area contributed by atoms with Crippen LogP contribution in [0.5, 0.6) is 0 Å². The normalized spacial score (nSPS) is 17.4. The molecule has 10 nitrogen and oxygen atoms in total. The van der Waals surface area contributed by atoms with Crippen LogP contribution in [0.4, 0.5) is 0 Å². The van der Waals surface area contributed by atoms with Crippen LogP contribution in [0.3, 0.4) is 0 Å². The molecule has 0 aromatic heterocycles. The molecule has 1 fully saturated rings. The number of aliphatic hydroxyl groups excluding tert-OH is 1. The molecule has 4 aromatic carbocycles. The number of carbonyl (C=O) groups is 3. The van der Waals surface area contributed by atoms with Gasteiger partial charge in [-0.3, -0.25) is 14.8 Å². The molecule has 11 heteroatoms. The van der Waals surface area contributed by atoms with Gasteiger partial charge in [-0.2, -0.15) is 0 Å². The number of hydroxylamine groups is 1. The molecule has 1 saturated heterocycles.